The van der Waals surface area contributed by atoms with Crippen molar-refractivity contribution < 1.29 is 0 Å². The van der Waals surface area contributed by atoms with Crippen LogP contribution in [0.1, 0.15) is 39.5 Å². The quantitative estimate of drug-likeness (QED) is 0.513. The van der Waals surface area contributed by atoms with E-state index in [1.54, 1.807) is 25.7 Å². The third kappa shape index (κ3) is 0.288. The summed E-state index contributed by atoms with van der Waals surface area (Å²) in [5.41, 5.74) is 1.85. The summed E-state index contributed by atoms with van der Waals surface area (Å²) in [5, 5.41) is 0. The van der Waals surface area contributed by atoms with E-state index in [2.05, 4.69) is 13.8 Å². The first-order valence-corrected chi connectivity index (χ1v) is 5.75. The first kappa shape index (κ1) is 6.45. The molecule has 4 fully saturated rings. The Kier molecular flexibility index (Phi) is 0.755. The molecule has 0 radical (unpaired) electrons. The Morgan fingerprint density at radius 3 is 1.50 bits per heavy atom. The molecular formula is C12H18. The lowest BCUT2D eigenvalue weighted by atomic mass is 9.12. The van der Waals surface area contributed by atoms with E-state index < -0.39 is 0 Å². The summed E-state index contributed by atoms with van der Waals surface area (Å²) in [6.45, 7) is 5.05. The standard InChI is InChI=1S/C12H18/c1-7-8(2)12-6-4-10(12)9-3-5-11(7,9)12/h7-10H,3-6H2,1-2H3. The van der Waals surface area contributed by atoms with Crippen molar-refractivity contribution in [1.29, 1.82) is 0 Å². The average molecular weight is 162 g/mol. The molecule has 0 aromatic heterocycles. The third-order valence-electron chi connectivity index (χ3n) is 6.79. The molecule has 0 aliphatic heterocycles. The predicted molar refractivity (Wildman–Crippen MR) is 48.6 cm³/mol. The van der Waals surface area contributed by atoms with Crippen LogP contribution in [0.5, 0.6) is 0 Å². The molecule has 6 atom stereocenters. The summed E-state index contributed by atoms with van der Waals surface area (Å²) < 4.78 is 0. The zero-order valence-corrected chi connectivity index (χ0v) is 8.14. The lowest BCUT2D eigenvalue weighted by molar-refractivity contribution is -0.447. The van der Waals surface area contributed by atoms with Gasteiger partial charge in [0.05, 0.1) is 0 Å². The van der Waals surface area contributed by atoms with Gasteiger partial charge in [0.2, 0.25) is 0 Å². The molecule has 0 saturated heterocycles. The summed E-state index contributed by atoms with van der Waals surface area (Å²) >= 11 is 0. The minimum atomic E-state index is 0.926. The van der Waals surface area contributed by atoms with Crippen molar-refractivity contribution in [3.63, 3.8) is 0 Å². The van der Waals surface area contributed by atoms with Crippen LogP contribution in [-0.2, 0) is 0 Å². The molecule has 4 aliphatic carbocycles. The van der Waals surface area contributed by atoms with E-state index in [9.17, 15) is 0 Å². The predicted octanol–water partition coefficient (Wildman–Crippen LogP) is 3.08. The highest BCUT2D eigenvalue weighted by molar-refractivity contribution is 5.35. The zero-order chi connectivity index (χ0) is 8.14. The van der Waals surface area contributed by atoms with Crippen LogP contribution < -0.4 is 0 Å². The highest BCUT2D eigenvalue weighted by atomic mass is 14.9. The zero-order valence-electron chi connectivity index (χ0n) is 8.14. The van der Waals surface area contributed by atoms with Crippen LogP contribution in [0, 0.1) is 34.5 Å². The minimum absolute atomic E-state index is 0.926. The maximum Gasteiger partial charge on any atom is -0.0176 e. The van der Waals surface area contributed by atoms with Crippen LogP contribution in [0.3, 0.4) is 0 Å². The molecule has 0 heterocycles. The van der Waals surface area contributed by atoms with E-state index in [0.717, 1.165) is 22.7 Å². The molecule has 0 N–H and O–H groups in total. The monoisotopic (exact) mass is 162 g/mol. The van der Waals surface area contributed by atoms with E-state index in [1.165, 1.54) is 11.8 Å². The van der Waals surface area contributed by atoms with E-state index in [-0.39, 0.29) is 0 Å². The maximum atomic E-state index is 2.52. The fraction of sp³-hybridized carbons (Fsp3) is 1.00. The highest BCUT2D eigenvalue weighted by Gasteiger charge is 2.87. The van der Waals surface area contributed by atoms with Gasteiger partial charge in [0, 0.05) is 0 Å². The Bertz CT molecular complexity index is 229. The molecule has 0 nitrogen and oxygen atoms in total. The average Bonchev–Trinajstić information content (AvgIpc) is 2.01. The third-order valence-corrected chi connectivity index (χ3v) is 6.79. The van der Waals surface area contributed by atoms with Gasteiger partial charge in [-0.05, 0) is 60.2 Å². The second kappa shape index (κ2) is 1.40. The van der Waals surface area contributed by atoms with Crippen LogP contribution in [0.15, 0.2) is 0 Å². The van der Waals surface area contributed by atoms with Crippen molar-refractivity contribution >= 4 is 0 Å². The molecular weight excluding hydrogens is 144 g/mol. The fourth-order valence-corrected chi connectivity index (χ4v) is 6.20. The minimum Gasteiger partial charge on any atom is -0.0617 e. The van der Waals surface area contributed by atoms with Gasteiger partial charge in [-0.1, -0.05) is 13.8 Å². The van der Waals surface area contributed by atoms with Gasteiger partial charge in [-0.25, -0.2) is 0 Å². The highest BCUT2D eigenvalue weighted by Crippen LogP contribution is 2.93. The molecule has 0 heteroatoms. The van der Waals surface area contributed by atoms with Gasteiger partial charge in [0.25, 0.3) is 0 Å². The van der Waals surface area contributed by atoms with Crippen LogP contribution >= 0.6 is 0 Å². The molecule has 6 unspecified atom stereocenters. The van der Waals surface area contributed by atoms with Crippen molar-refractivity contribution in [2.75, 3.05) is 0 Å². The molecule has 12 heavy (non-hydrogen) atoms. The van der Waals surface area contributed by atoms with Crippen molar-refractivity contribution in [3.05, 3.63) is 0 Å². The van der Waals surface area contributed by atoms with Crippen molar-refractivity contribution in [3.8, 4) is 0 Å². The number of fused-ring (bicyclic) bond motifs is 1. The molecule has 4 rings (SSSR count). The van der Waals surface area contributed by atoms with Gasteiger partial charge in [-0.15, -0.1) is 0 Å². The number of hydrogen-bond acceptors (Lipinski definition) is 0. The topological polar surface area (TPSA) is 0 Å². The fourth-order valence-electron chi connectivity index (χ4n) is 6.20. The summed E-state index contributed by atoms with van der Waals surface area (Å²) in [7, 11) is 0. The Balaban J connectivity index is 1.83. The van der Waals surface area contributed by atoms with Crippen LogP contribution in [-0.4, -0.2) is 0 Å². The van der Waals surface area contributed by atoms with Crippen molar-refractivity contribution in [2.24, 2.45) is 34.5 Å². The molecule has 0 aromatic rings. The van der Waals surface area contributed by atoms with E-state index >= 15 is 0 Å². The first-order valence-electron chi connectivity index (χ1n) is 5.75. The van der Waals surface area contributed by atoms with Gasteiger partial charge < -0.3 is 0 Å². The number of hydrogen-bond donors (Lipinski definition) is 0. The lowest BCUT2D eigenvalue weighted by Gasteiger charge is -2.92. The van der Waals surface area contributed by atoms with E-state index in [0.29, 0.717) is 0 Å². The molecule has 0 bridgehead atoms. The van der Waals surface area contributed by atoms with Crippen LogP contribution in [0.25, 0.3) is 0 Å². The van der Waals surface area contributed by atoms with Gasteiger partial charge in [-0.3, -0.25) is 0 Å². The number of rotatable bonds is 0. The smallest absolute Gasteiger partial charge is 0.0176 e. The Morgan fingerprint density at radius 1 is 0.833 bits per heavy atom. The first-order chi connectivity index (χ1) is 5.75. The van der Waals surface area contributed by atoms with Gasteiger partial charge >= 0.3 is 0 Å². The molecule has 0 amide bonds. The summed E-state index contributed by atoms with van der Waals surface area (Å²) in [6, 6.07) is 0. The SMILES string of the molecule is CC1C(C)C23CCC2C2CCC123. The summed E-state index contributed by atoms with van der Waals surface area (Å²) in [5.74, 6) is 4.57. The van der Waals surface area contributed by atoms with Crippen LogP contribution in [0.2, 0.25) is 0 Å². The summed E-state index contributed by atoms with van der Waals surface area (Å²) in [6.07, 6.45) is 6.37. The largest absolute Gasteiger partial charge is 0.0617 e. The van der Waals surface area contributed by atoms with Gasteiger partial charge in [-0.2, -0.15) is 0 Å². The maximum absolute atomic E-state index is 2.52. The van der Waals surface area contributed by atoms with Crippen molar-refractivity contribution in [2.45, 2.75) is 39.5 Å². The lowest BCUT2D eigenvalue weighted by Crippen LogP contribution is -2.87. The molecule has 4 aliphatic rings. The van der Waals surface area contributed by atoms with E-state index in [1.807, 2.05) is 0 Å². The Labute approximate surface area is 74.7 Å². The molecule has 4 saturated carbocycles. The Hall–Kier alpha value is 0. The molecule has 0 aromatic carbocycles. The second-order valence-electron chi connectivity index (χ2n) is 5.95. The van der Waals surface area contributed by atoms with Crippen molar-refractivity contribution in [1.82, 2.24) is 0 Å². The molecule has 66 valence electrons. The van der Waals surface area contributed by atoms with Gasteiger partial charge in [0.1, 0.15) is 0 Å². The second-order valence-corrected chi connectivity index (χ2v) is 5.95. The van der Waals surface area contributed by atoms with Gasteiger partial charge in [0.15, 0.2) is 0 Å². The van der Waals surface area contributed by atoms with E-state index in [4.69, 9.17) is 0 Å². The molecule has 2 spiro atoms. The Morgan fingerprint density at radius 2 is 1.25 bits per heavy atom. The van der Waals surface area contributed by atoms with Crippen LogP contribution in [0.4, 0.5) is 0 Å². The summed E-state index contributed by atoms with van der Waals surface area (Å²) in [4.78, 5) is 0. The normalized spacial score (nSPS) is 76.5.